The number of ether oxygens (including phenoxy) is 1. The van der Waals surface area contributed by atoms with Crippen molar-refractivity contribution in [2.75, 3.05) is 26.2 Å². The summed E-state index contributed by atoms with van der Waals surface area (Å²) in [6.07, 6.45) is 5.52. The molecule has 0 saturated carbocycles. The van der Waals surface area contributed by atoms with Crippen LogP contribution in [0.25, 0.3) is 0 Å². The van der Waals surface area contributed by atoms with Gasteiger partial charge < -0.3 is 14.4 Å². The highest BCUT2D eigenvalue weighted by Gasteiger charge is 2.32. The van der Waals surface area contributed by atoms with E-state index in [0.717, 1.165) is 26.2 Å². The van der Waals surface area contributed by atoms with Crippen molar-refractivity contribution < 1.29 is 9.84 Å². The maximum absolute atomic E-state index is 9.23. The normalized spacial score (nSPS) is 25.0. The molecule has 0 spiro atoms. The minimum atomic E-state index is -0.180. The second-order valence-electron chi connectivity index (χ2n) is 5.22. The van der Waals surface area contributed by atoms with Crippen LogP contribution in [0.2, 0.25) is 0 Å². The Morgan fingerprint density at radius 1 is 1.47 bits per heavy atom. The van der Waals surface area contributed by atoms with E-state index in [1.54, 1.807) is 6.20 Å². The average Bonchev–Trinajstić information content (AvgIpc) is 2.77. The Bertz CT molecular complexity index is 338. The van der Waals surface area contributed by atoms with Gasteiger partial charge in [-0.05, 0) is 13.8 Å². The van der Waals surface area contributed by atoms with Crippen molar-refractivity contribution >= 4 is 0 Å². The van der Waals surface area contributed by atoms with Crippen molar-refractivity contribution in [1.29, 1.82) is 0 Å². The molecule has 0 bridgehead atoms. The molecule has 1 saturated heterocycles. The average molecular weight is 239 g/mol. The van der Waals surface area contributed by atoms with E-state index in [1.165, 1.54) is 0 Å². The lowest BCUT2D eigenvalue weighted by atomic mass is 10.1. The number of aliphatic hydroxyl groups is 1. The number of aliphatic hydroxyl groups excluding tert-OH is 1. The Morgan fingerprint density at radius 2 is 2.29 bits per heavy atom. The first-order valence-electron chi connectivity index (χ1n) is 6.06. The fraction of sp³-hybridized carbons (Fsp3) is 0.750. The molecule has 2 rings (SSSR count). The van der Waals surface area contributed by atoms with Gasteiger partial charge in [0.1, 0.15) is 0 Å². The standard InChI is InChI=1S/C12H21N3O2/c1-12(2)9-15(7-11(8-16)17-12)6-5-14-4-3-13-10-14/h3-4,10-11,16H,5-9H2,1-2H3. The summed E-state index contributed by atoms with van der Waals surface area (Å²) in [6, 6.07) is 0. The molecular formula is C12H21N3O2. The number of rotatable bonds is 4. The van der Waals surface area contributed by atoms with Crippen LogP contribution in [0, 0.1) is 0 Å². The van der Waals surface area contributed by atoms with E-state index in [1.807, 2.05) is 12.5 Å². The lowest BCUT2D eigenvalue weighted by Gasteiger charge is -2.42. The van der Waals surface area contributed by atoms with Gasteiger partial charge in [0.2, 0.25) is 0 Å². The van der Waals surface area contributed by atoms with Crippen LogP contribution in [0.4, 0.5) is 0 Å². The predicted octanol–water partition coefficient (Wildman–Crippen LogP) is 0.355. The number of hydrogen-bond acceptors (Lipinski definition) is 4. The molecule has 0 radical (unpaired) electrons. The topological polar surface area (TPSA) is 50.5 Å². The molecule has 1 N–H and O–H groups in total. The molecule has 1 aromatic heterocycles. The van der Waals surface area contributed by atoms with Crippen molar-refractivity contribution in [2.24, 2.45) is 0 Å². The van der Waals surface area contributed by atoms with Gasteiger partial charge in [-0.1, -0.05) is 0 Å². The van der Waals surface area contributed by atoms with Crippen LogP contribution in [0.1, 0.15) is 13.8 Å². The molecule has 96 valence electrons. The molecule has 1 aliphatic rings. The van der Waals surface area contributed by atoms with E-state index in [9.17, 15) is 5.11 Å². The summed E-state index contributed by atoms with van der Waals surface area (Å²) in [6.45, 7) is 7.81. The van der Waals surface area contributed by atoms with Gasteiger partial charge in [-0.25, -0.2) is 4.98 Å². The monoisotopic (exact) mass is 239 g/mol. The van der Waals surface area contributed by atoms with Crippen molar-refractivity contribution in [3.8, 4) is 0 Å². The van der Waals surface area contributed by atoms with Crippen LogP contribution in [-0.2, 0) is 11.3 Å². The van der Waals surface area contributed by atoms with E-state index in [4.69, 9.17) is 4.74 Å². The van der Waals surface area contributed by atoms with Gasteiger partial charge in [0.05, 0.1) is 24.6 Å². The minimum Gasteiger partial charge on any atom is -0.394 e. The summed E-state index contributed by atoms with van der Waals surface area (Å²) in [5, 5.41) is 9.23. The Kier molecular flexibility index (Phi) is 3.81. The van der Waals surface area contributed by atoms with Gasteiger partial charge >= 0.3 is 0 Å². The van der Waals surface area contributed by atoms with E-state index < -0.39 is 0 Å². The maximum Gasteiger partial charge on any atom is 0.0946 e. The molecule has 2 heterocycles. The first kappa shape index (κ1) is 12.5. The number of imidazole rings is 1. The fourth-order valence-electron chi connectivity index (χ4n) is 2.36. The summed E-state index contributed by atoms with van der Waals surface area (Å²) in [4.78, 5) is 6.36. The largest absolute Gasteiger partial charge is 0.394 e. The lowest BCUT2D eigenvalue weighted by Crippen LogP contribution is -2.54. The number of aromatic nitrogens is 2. The van der Waals surface area contributed by atoms with Gasteiger partial charge in [-0.3, -0.25) is 4.90 Å². The highest BCUT2D eigenvalue weighted by atomic mass is 16.5. The van der Waals surface area contributed by atoms with Gasteiger partial charge in [0.25, 0.3) is 0 Å². The molecule has 0 aromatic carbocycles. The first-order chi connectivity index (χ1) is 8.09. The molecule has 1 aliphatic heterocycles. The Labute approximate surface area is 102 Å². The van der Waals surface area contributed by atoms with Gasteiger partial charge in [-0.2, -0.15) is 0 Å². The summed E-state index contributed by atoms with van der Waals surface area (Å²) in [7, 11) is 0. The number of hydrogen-bond donors (Lipinski definition) is 1. The van der Waals surface area contributed by atoms with E-state index in [-0.39, 0.29) is 18.3 Å². The van der Waals surface area contributed by atoms with Crippen LogP contribution in [-0.4, -0.2) is 57.5 Å². The molecule has 1 aromatic rings. The van der Waals surface area contributed by atoms with Crippen LogP contribution in [0.3, 0.4) is 0 Å². The van der Waals surface area contributed by atoms with Crippen LogP contribution in [0.15, 0.2) is 18.7 Å². The Hall–Kier alpha value is -0.910. The van der Waals surface area contributed by atoms with Gasteiger partial charge in [-0.15, -0.1) is 0 Å². The van der Waals surface area contributed by atoms with Gasteiger partial charge in [0.15, 0.2) is 0 Å². The molecule has 1 fully saturated rings. The van der Waals surface area contributed by atoms with Crippen molar-refractivity contribution in [2.45, 2.75) is 32.1 Å². The van der Waals surface area contributed by atoms with Crippen LogP contribution >= 0.6 is 0 Å². The third kappa shape index (κ3) is 3.52. The zero-order chi connectivity index (χ0) is 12.3. The van der Waals surface area contributed by atoms with Crippen molar-refractivity contribution in [3.05, 3.63) is 18.7 Å². The number of morpholine rings is 1. The highest BCUT2D eigenvalue weighted by Crippen LogP contribution is 2.20. The summed E-state index contributed by atoms with van der Waals surface area (Å²) < 4.78 is 7.85. The molecule has 0 amide bonds. The molecular weight excluding hydrogens is 218 g/mol. The predicted molar refractivity (Wildman–Crippen MR) is 64.7 cm³/mol. The molecule has 5 nitrogen and oxygen atoms in total. The molecule has 1 atom stereocenters. The Balaban J connectivity index is 1.87. The first-order valence-corrected chi connectivity index (χ1v) is 6.06. The zero-order valence-corrected chi connectivity index (χ0v) is 10.5. The second kappa shape index (κ2) is 5.16. The third-order valence-corrected chi connectivity index (χ3v) is 2.99. The second-order valence-corrected chi connectivity index (χ2v) is 5.22. The van der Waals surface area contributed by atoms with Crippen LogP contribution in [0.5, 0.6) is 0 Å². The molecule has 0 aliphatic carbocycles. The SMILES string of the molecule is CC1(C)CN(CCn2ccnc2)CC(CO)O1. The fourth-order valence-corrected chi connectivity index (χ4v) is 2.36. The smallest absolute Gasteiger partial charge is 0.0946 e. The molecule has 1 unspecified atom stereocenters. The molecule has 5 heteroatoms. The number of nitrogens with zero attached hydrogens (tertiary/aromatic N) is 3. The van der Waals surface area contributed by atoms with Crippen molar-refractivity contribution in [1.82, 2.24) is 14.5 Å². The van der Waals surface area contributed by atoms with Crippen LogP contribution < -0.4 is 0 Å². The highest BCUT2D eigenvalue weighted by molar-refractivity contribution is 4.84. The Morgan fingerprint density at radius 3 is 2.94 bits per heavy atom. The van der Waals surface area contributed by atoms with Gasteiger partial charge in [0, 0.05) is 38.6 Å². The summed E-state index contributed by atoms with van der Waals surface area (Å²) in [5.41, 5.74) is -0.180. The van der Waals surface area contributed by atoms with E-state index in [2.05, 4.69) is 28.3 Å². The third-order valence-electron chi connectivity index (χ3n) is 2.99. The quantitative estimate of drug-likeness (QED) is 0.824. The minimum absolute atomic E-state index is 0.0680. The van der Waals surface area contributed by atoms with Crippen molar-refractivity contribution in [3.63, 3.8) is 0 Å². The zero-order valence-electron chi connectivity index (χ0n) is 10.5. The maximum atomic E-state index is 9.23. The van der Waals surface area contributed by atoms with E-state index in [0.29, 0.717) is 0 Å². The van der Waals surface area contributed by atoms with E-state index >= 15 is 0 Å². The summed E-state index contributed by atoms with van der Waals surface area (Å²) >= 11 is 0. The molecule has 17 heavy (non-hydrogen) atoms. The lowest BCUT2D eigenvalue weighted by molar-refractivity contribution is -0.149. The summed E-state index contributed by atoms with van der Waals surface area (Å²) in [5.74, 6) is 0.